The second-order valence-electron chi connectivity index (χ2n) is 3.76. The maximum Gasteiger partial charge on any atom is 0.0443 e. The van der Waals surface area contributed by atoms with E-state index in [0.717, 1.165) is 17.0 Å². The Balaban J connectivity index is 2.14. The topological polar surface area (TPSA) is 0 Å². The molecule has 1 atom stereocenters. The van der Waals surface area contributed by atoms with Gasteiger partial charge in [-0.2, -0.15) is 0 Å². The molecular weight excluding hydrogens is 304 g/mol. The van der Waals surface area contributed by atoms with Crippen LogP contribution in [0.1, 0.15) is 20.8 Å². The molecule has 1 aromatic carbocycles. The van der Waals surface area contributed by atoms with E-state index in [1.54, 1.807) is 11.3 Å². The van der Waals surface area contributed by atoms with E-state index in [1.807, 2.05) is 13.0 Å². The standard InChI is InChI=1S/C13H12BrClS/c1-9-7-10(4-5-13(9)15)12(14)8-11-3-2-6-16-11/h2-7,12H,8H2,1H3. The average molecular weight is 316 g/mol. The predicted octanol–water partition coefficient (Wildman–Crippen LogP) is 5.39. The minimum Gasteiger partial charge on any atom is -0.149 e. The molecule has 0 aliphatic rings. The van der Waals surface area contributed by atoms with Crippen LogP contribution >= 0.6 is 38.9 Å². The molecule has 0 fully saturated rings. The summed E-state index contributed by atoms with van der Waals surface area (Å²) < 4.78 is 0. The normalized spacial score (nSPS) is 12.7. The number of hydrogen-bond donors (Lipinski definition) is 0. The highest BCUT2D eigenvalue weighted by molar-refractivity contribution is 9.09. The number of halogens is 2. The Morgan fingerprint density at radius 2 is 2.19 bits per heavy atom. The lowest BCUT2D eigenvalue weighted by molar-refractivity contribution is 0.966. The molecule has 2 rings (SSSR count). The van der Waals surface area contributed by atoms with Crippen LogP contribution in [0.15, 0.2) is 35.7 Å². The van der Waals surface area contributed by atoms with Gasteiger partial charge >= 0.3 is 0 Å². The third-order valence-electron chi connectivity index (χ3n) is 2.50. The van der Waals surface area contributed by atoms with Gasteiger partial charge in [-0.15, -0.1) is 11.3 Å². The molecule has 0 aliphatic carbocycles. The van der Waals surface area contributed by atoms with Gasteiger partial charge in [-0.25, -0.2) is 0 Å². The van der Waals surface area contributed by atoms with E-state index in [2.05, 4.69) is 45.6 Å². The van der Waals surface area contributed by atoms with Crippen LogP contribution in [0.4, 0.5) is 0 Å². The molecule has 0 radical (unpaired) electrons. The van der Waals surface area contributed by atoms with Crippen molar-refractivity contribution in [2.45, 2.75) is 18.2 Å². The fourth-order valence-corrected chi connectivity index (χ4v) is 3.30. The van der Waals surface area contributed by atoms with Crippen LogP contribution in [0, 0.1) is 6.92 Å². The highest BCUT2D eigenvalue weighted by Gasteiger charge is 2.10. The minimum absolute atomic E-state index is 0.363. The molecule has 0 aliphatic heterocycles. The molecule has 0 saturated heterocycles. The summed E-state index contributed by atoms with van der Waals surface area (Å²) in [4.78, 5) is 1.76. The SMILES string of the molecule is Cc1cc(C(Br)Cc2cccs2)ccc1Cl. The second kappa shape index (κ2) is 5.35. The zero-order valence-electron chi connectivity index (χ0n) is 8.91. The Morgan fingerprint density at radius 3 is 2.81 bits per heavy atom. The van der Waals surface area contributed by atoms with Crippen LogP contribution in [-0.4, -0.2) is 0 Å². The number of benzene rings is 1. The lowest BCUT2D eigenvalue weighted by Crippen LogP contribution is -1.94. The van der Waals surface area contributed by atoms with Crippen molar-refractivity contribution in [3.63, 3.8) is 0 Å². The molecular formula is C13H12BrClS. The van der Waals surface area contributed by atoms with Crippen molar-refractivity contribution >= 4 is 38.9 Å². The van der Waals surface area contributed by atoms with E-state index < -0.39 is 0 Å². The monoisotopic (exact) mass is 314 g/mol. The van der Waals surface area contributed by atoms with Gasteiger partial charge in [0, 0.05) is 14.7 Å². The highest BCUT2D eigenvalue weighted by Crippen LogP contribution is 2.30. The number of rotatable bonds is 3. The molecule has 1 heterocycles. The van der Waals surface area contributed by atoms with Crippen molar-refractivity contribution in [2.75, 3.05) is 0 Å². The third-order valence-corrected chi connectivity index (χ3v) is 4.68. The first-order valence-corrected chi connectivity index (χ1v) is 7.26. The molecule has 2 aromatic rings. The molecule has 0 bridgehead atoms. The Labute approximate surface area is 113 Å². The maximum absolute atomic E-state index is 6.01. The van der Waals surface area contributed by atoms with Crippen molar-refractivity contribution in [3.05, 3.63) is 56.7 Å². The van der Waals surface area contributed by atoms with E-state index >= 15 is 0 Å². The molecule has 16 heavy (non-hydrogen) atoms. The average Bonchev–Trinajstić information content (AvgIpc) is 2.74. The molecule has 0 spiro atoms. The Morgan fingerprint density at radius 1 is 1.38 bits per heavy atom. The Kier molecular flexibility index (Phi) is 4.06. The van der Waals surface area contributed by atoms with Crippen LogP contribution in [0.5, 0.6) is 0 Å². The maximum atomic E-state index is 6.01. The van der Waals surface area contributed by atoms with Crippen molar-refractivity contribution in [3.8, 4) is 0 Å². The van der Waals surface area contributed by atoms with Gasteiger partial charge in [-0.3, -0.25) is 0 Å². The zero-order valence-corrected chi connectivity index (χ0v) is 12.1. The van der Waals surface area contributed by atoms with E-state index in [0.29, 0.717) is 4.83 Å². The fourth-order valence-electron chi connectivity index (χ4n) is 1.59. The summed E-state index contributed by atoms with van der Waals surface area (Å²) in [6, 6.07) is 10.5. The molecule has 3 heteroatoms. The Bertz CT molecular complexity index is 465. The molecule has 84 valence electrons. The van der Waals surface area contributed by atoms with E-state index in [4.69, 9.17) is 11.6 Å². The van der Waals surface area contributed by atoms with Crippen molar-refractivity contribution in [1.82, 2.24) is 0 Å². The van der Waals surface area contributed by atoms with Gasteiger partial charge in [-0.1, -0.05) is 45.7 Å². The van der Waals surface area contributed by atoms with Crippen LogP contribution < -0.4 is 0 Å². The first-order valence-electron chi connectivity index (χ1n) is 5.09. The van der Waals surface area contributed by atoms with Crippen molar-refractivity contribution < 1.29 is 0 Å². The quantitative estimate of drug-likeness (QED) is 0.666. The fraction of sp³-hybridized carbons (Fsp3) is 0.231. The lowest BCUT2D eigenvalue weighted by Gasteiger charge is -2.10. The van der Waals surface area contributed by atoms with Gasteiger partial charge in [0.2, 0.25) is 0 Å². The van der Waals surface area contributed by atoms with Crippen molar-refractivity contribution in [2.24, 2.45) is 0 Å². The molecule has 0 saturated carbocycles. The molecule has 1 unspecified atom stereocenters. The number of hydrogen-bond acceptors (Lipinski definition) is 1. The van der Waals surface area contributed by atoms with Gasteiger partial charge in [0.15, 0.2) is 0 Å². The molecule has 0 N–H and O–H groups in total. The number of thiophene rings is 1. The summed E-state index contributed by atoms with van der Waals surface area (Å²) in [7, 11) is 0. The lowest BCUT2D eigenvalue weighted by atomic mass is 10.1. The number of alkyl halides is 1. The largest absolute Gasteiger partial charge is 0.149 e. The van der Waals surface area contributed by atoms with Crippen LogP contribution in [-0.2, 0) is 6.42 Å². The van der Waals surface area contributed by atoms with Gasteiger partial charge in [-0.05, 0) is 42.0 Å². The van der Waals surface area contributed by atoms with Gasteiger partial charge in [0.1, 0.15) is 0 Å². The Hall–Kier alpha value is -0.310. The summed E-state index contributed by atoms with van der Waals surface area (Å²) >= 11 is 11.5. The predicted molar refractivity (Wildman–Crippen MR) is 75.9 cm³/mol. The molecule has 0 nitrogen and oxygen atoms in total. The smallest absolute Gasteiger partial charge is 0.0443 e. The first kappa shape index (κ1) is 12.2. The second-order valence-corrected chi connectivity index (χ2v) is 6.30. The first-order chi connectivity index (χ1) is 7.66. The van der Waals surface area contributed by atoms with Gasteiger partial charge < -0.3 is 0 Å². The highest BCUT2D eigenvalue weighted by atomic mass is 79.9. The molecule has 1 aromatic heterocycles. The number of aryl methyl sites for hydroxylation is 1. The van der Waals surface area contributed by atoms with Crippen LogP contribution in [0.2, 0.25) is 5.02 Å². The molecule has 0 amide bonds. The van der Waals surface area contributed by atoms with Gasteiger partial charge in [0.05, 0.1) is 0 Å². The van der Waals surface area contributed by atoms with E-state index in [9.17, 15) is 0 Å². The summed E-state index contributed by atoms with van der Waals surface area (Å²) in [6.07, 6.45) is 1.03. The minimum atomic E-state index is 0.363. The van der Waals surface area contributed by atoms with E-state index in [1.165, 1.54) is 10.4 Å². The van der Waals surface area contributed by atoms with Crippen LogP contribution in [0.3, 0.4) is 0 Å². The van der Waals surface area contributed by atoms with E-state index in [-0.39, 0.29) is 0 Å². The van der Waals surface area contributed by atoms with Crippen molar-refractivity contribution in [1.29, 1.82) is 0 Å². The summed E-state index contributed by atoms with van der Waals surface area (Å²) in [5.74, 6) is 0. The summed E-state index contributed by atoms with van der Waals surface area (Å²) in [6.45, 7) is 2.04. The van der Waals surface area contributed by atoms with Crippen LogP contribution in [0.25, 0.3) is 0 Å². The summed E-state index contributed by atoms with van der Waals surface area (Å²) in [5.41, 5.74) is 2.42. The van der Waals surface area contributed by atoms with Gasteiger partial charge in [0.25, 0.3) is 0 Å². The zero-order chi connectivity index (χ0) is 11.5. The summed E-state index contributed by atoms with van der Waals surface area (Å²) in [5, 5.41) is 2.95. The third kappa shape index (κ3) is 2.88.